The average Bonchev–Trinajstić information content (AvgIpc) is 2.60. The third kappa shape index (κ3) is 2.88. The van der Waals surface area contributed by atoms with Crippen molar-refractivity contribution in [2.75, 3.05) is 0 Å². The summed E-state index contributed by atoms with van der Waals surface area (Å²) in [6.07, 6.45) is 7.08. The van der Waals surface area contributed by atoms with E-state index < -0.39 is 0 Å². The van der Waals surface area contributed by atoms with Crippen molar-refractivity contribution in [2.24, 2.45) is 5.41 Å². The van der Waals surface area contributed by atoms with Crippen molar-refractivity contribution >= 4 is 0 Å². The second-order valence-corrected chi connectivity index (χ2v) is 5.87. The van der Waals surface area contributed by atoms with Gasteiger partial charge >= 0.3 is 0 Å². The molecule has 0 spiro atoms. The summed E-state index contributed by atoms with van der Waals surface area (Å²) in [5.74, 6) is 1.09. The molecule has 1 atom stereocenters. The molecule has 2 nitrogen and oxygen atoms in total. The molecule has 0 amide bonds. The summed E-state index contributed by atoms with van der Waals surface area (Å²) in [5.41, 5.74) is 1.76. The fraction of sp³-hybridized carbons (Fsp3) is 0.714. The maximum absolute atomic E-state index is 5.44. The second-order valence-electron chi connectivity index (χ2n) is 5.87. The van der Waals surface area contributed by atoms with E-state index in [4.69, 9.17) is 4.42 Å². The first-order valence-corrected chi connectivity index (χ1v) is 6.33. The van der Waals surface area contributed by atoms with Crippen LogP contribution in [0.5, 0.6) is 0 Å². The summed E-state index contributed by atoms with van der Waals surface area (Å²) in [5, 5.41) is 3.63. The van der Waals surface area contributed by atoms with E-state index in [0.29, 0.717) is 11.5 Å². The van der Waals surface area contributed by atoms with Gasteiger partial charge in [-0.15, -0.1) is 0 Å². The van der Waals surface area contributed by atoms with Crippen LogP contribution < -0.4 is 5.32 Å². The zero-order valence-corrected chi connectivity index (χ0v) is 10.7. The van der Waals surface area contributed by atoms with Crippen LogP contribution in [0.1, 0.15) is 50.9 Å². The lowest BCUT2D eigenvalue weighted by atomic mass is 9.75. The second kappa shape index (κ2) is 4.62. The number of hydrogen-bond acceptors (Lipinski definition) is 2. The van der Waals surface area contributed by atoms with Crippen LogP contribution in [0.4, 0.5) is 0 Å². The third-order valence-corrected chi connectivity index (χ3v) is 3.72. The Hall–Kier alpha value is -0.760. The Kier molecular flexibility index (Phi) is 3.38. The minimum atomic E-state index is 0.508. The highest BCUT2D eigenvalue weighted by molar-refractivity contribution is 5.14. The normalized spacial score (nSPS) is 24.6. The molecule has 90 valence electrons. The van der Waals surface area contributed by atoms with Crippen LogP contribution >= 0.6 is 0 Å². The summed E-state index contributed by atoms with van der Waals surface area (Å²) in [4.78, 5) is 0. The zero-order valence-electron chi connectivity index (χ0n) is 10.7. The number of nitrogens with one attached hydrogen (secondary N) is 1. The van der Waals surface area contributed by atoms with E-state index in [1.807, 2.05) is 6.07 Å². The predicted molar refractivity (Wildman–Crippen MR) is 66.3 cm³/mol. The zero-order chi connectivity index (χ0) is 11.6. The summed E-state index contributed by atoms with van der Waals surface area (Å²) in [6.45, 7) is 7.73. The molecule has 1 aromatic heterocycles. The van der Waals surface area contributed by atoms with Crippen molar-refractivity contribution in [1.82, 2.24) is 5.32 Å². The van der Waals surface area contributed by atoms with Crippen LogP contribution in [0.15, 0.2) is 16.7 Å². The molecule has 1 unspecified atom stereocenters. The smallest absolute Gasteiger partial charge is 0.120 e. The summed E-state index contributed by atoms with van der Waals surface area (Å²) in [6, 6.07) is 2.69. The van der Waals surface area contributed by atoms with Crippen LogP contribution in [0.25, 0.3) is 0 Å². The molecule has 1 fully saturated rings. The molecule has 0 aromatic carbocycles. The van der Waals surface area contributed by atoms with Crippen molar-refractivity contribution in [2.45, 2.75) is 59.0 Å². The van der Waals surface area contributed by atoms with Gasteiger partial charge in [-0.05, 0) is 43.2 Å². The van der Waals surface area contributed by atoms with Crippen molar-refractivity contribution in [3.8, 4) is 0 Å². The minimum Gasteiger partial charge on any atom is -0.468 e. The highest BCUT2D eigenvalue weighted by Gasteiger charge is 2.27. The SMILES string of the molecule is Cc1ccoc1CNC1CCCC(C)(C)C1. The van der Waals surface area contributed by atoms with Crippen LogP contribution in [0.2, 0.25) is 0 Å². The molecule has 1 saturated carbocycles. The summed E-state index contributed by atoms with van der Waals surface area (Å²) < 4.78 is 5.44. The molecular formula is C14H23NO. The molecule has 1 N–H and O–H groups in total. The van der Waals surface area contributed by atoms with E-state index in [9.17, 15) is 0 Å². The molecule has 1 heterocycles. The quantitative estimate of drug-likeness (QED) is 0.843. The maximum Gasteiger partial charge on any atom is 0.120 e. The van der Waals surface area contributed by atoms with E-state index >= 15 is 0 Å². The topological polar surface area (TPSA) is 25.2 Å². The standard InChI is InChI=1S/C14H23NO/c1-11-6-8-16-13(11)10-15-12-5-4-7-14(2,3)9-12/h6,8,12,15H,4-5,7,9-10H2,1-3H3. The van der Waals surface area contributed by atoms with Crippen LogP contribution in [0.3, 0.4) is 0 Å². The molecular weight excluding hydrogens is 198 g/mol. The van der Waals surface area contributed by atoms with Gasteiger partial charge in [0.15, 0.2) is 0 Å². The molecule has 16 heavy (non-hydrogen) atoms. The number of furan rings is 1. The van der Waals surface area contributed by atoms with Crippen LogP contribution in [-0.4, -0.2) is 6.04 Å². The molecule has 0 bridgehead atoms. The molecule has 1 aromatic rings. The molecule has 0 aliphatic heterocycles. The molecule has 1 aliphatic rings. The Bertz CT molecular complexity index is 340. The van der Waals surface area contributed by atoms with Crippen molar-refractivity contribution in [3.05, 3.63) is 23.7 Å². The van der Waals surface area contributed by atoms with E-state index in [2.05, 4.69) is 26.1 Å². The van der Waals surface area contributed by atoms with Crippen molar-refractivity contribution in [1.29, 1.82) is 0 Å². The Labute approximate surface area is 98.4 Å². The van der Waals surface area contributed by atoms with E-state index in [1.165, 1.54) is 31.2 Å². The fourth-order valence-corrected chi connectivity index (χ4v) is 2.69. The molecule has 0 radical (unpaired) electrons. The van der Waals surface area contributed by atoms with E-state index in [-0.39, 0.29) is 0 Å². The highest BCUT2D eigenvalue weighted by atomic mass is 16.3. The molecule has 1 aliphatic carbocycles. The van der Waals surface area contributed by atoms with Gasteiger partial charge in [0, 0.05) is 6.04 Å². The Morgan fingerprint density at radius 2 is 2.31 bits per heavy atom. The van der Waals surface area contributed by atoms with Gasteiger partial charge in [0.1, 0.15) is 5.76 Å². The lowest BCUT2D eigenvalue weighted by Gasteiger charge is -2.35. The van der Waals surface area contributed by atoms with E-state index in [0.717, 1.165) is 12.3 Å². The average molecular weight is 221 g/mol. The highest BCUT2D eigenvalue weighted by Crippen LogP contribution is 2.35. The summed E-state index contributed by atoms with van der Waals surface area (Å²) in [7, 11) is 0. The van der Waals surface area contributed by atoms with E-state index in [1.54, 1.807) is 6.26 Å². The van der Waals surface area contributed by atoms with Crippen LogP contribution in [-0.2, 0) is 6.54 Å². The first kappa shape index (κ1) is 11.7. The Morgan fingerprint density at radius 3 is 2.94 bits per heavy atom. The van der Waals surface area contributed by atoms with Crippen molar-refractivity contribution < 1.29 is 4.42 Å². The summed E-state index contributed by atoms with van der Waals surface area (Å²) >= 11 is 0. The molecule has 2 rings (SSSR count). The monoisotopic (exact) mass is 221 g/mol. The first-order chi connectivity index (χ1) is 7.57. The van der Waals surface area contributed by atoms with Gasteiger partial charge in [0.2, 0.25) is 0 Å². The van der Waals surface area contributed by atoms with Gasteiger partial charge in [-0.2, -0.15) is 0 Å². The Balaban J connectivity index is 1.84. The molecule has 0 saturated heterocycles. The first-order valence-electron chi connectivity index (χ1n) is 6.33. The lowest BCUT2D eigenvalue weighted by Crippen LogP contribution is -2.36. The number of aryl methyl sites for hydroxylation is 1. The largest absolute Gasteiger partial charge is 0.468 e. The molecule has 2 heteroatoms. The van der Waals surface area contributed by atoms with Gasteiger partial charge in [-0.3, -0.25) is 0 Å². The van der Waals surface area contributed by atoms with Gasteiger partial charge in [-0.25, -0.2) is 0 Å². The predicted octanol–water partition coefficient (Wildman–Crippen LogP) is 3.65. The fourth-order valence-electron chi connectivity index (χ4n) is 2.69. The van der Waals surface area contributed by atoms with Gasteiger partial charge in [0.05, 0.1) is 12.8 Å². The Morgan fingerprint density at radius 1 is 1.50 bits per heavy atom. The number of hydrogen-bond donors (Lipinski definition) is 1. The van der Waals surface area contributed by atoms with Gasteiger partial charge in [-0.1, -0.05) is 20.3 Å². The van der Waals surface area contributed by atoms with Crippen molar-refractivity contribution in [3.63, 3.8) is 0 Å². The van der Waals surface area contributed by atoms with Crippen LogP contribution in [0, 0.1) is 12.3 Å². The number of rotatable bonds is 3. The maximum atomic E-state index is 5.44. The lowest BCUT2D eigenvalue weighted by molar-refractivity contribution is 0.195. The van der Waals surface area contributed by atoms with Gasteiger partial charge in [0.25, 0.3) is 0 Å². The van der Waals surface area contributed by atoms with Gasteiger partial charge < -0.3 is 9.73 Å². The minimum absolute atomic E-state index is 0.508. The third-order valence-electron chi connectivity index (χ3n) is 3.72.